The van der Waals surface area contributed by atoms with Gasteiger partial charge < -0.3 is 18.9 Å². The Hall–Kier alpha value is -3.98. The molecule has 0 bridgehead atoms. The summed E-state index contributed by atoms with van der Waals surface area (Å²) in [7, 11) is 4.53. The van der Waals surface area contributed by atoms with E-state index in [1.165, 1.54) is 7.11 Å². The number of hydrogen-bond donors (Lipinski definition) is 1. The second-order valence-electron chi connectivity index (χ2n) is 8.38. The molecule has 1 fully saturated rings. The van der Waals surface area contributed by atoms with Gasteiger partial charge in [-0.3, -0.25) is 19.7 Å². The van der Waals surface area contributed by atoms with Crippen molar-refractivity contribution in [2.45, 2.75) is 24.0 Å². The molecule has 4 rings (SSSR count). The van der Waals surface area contributed by atoms with Gasteiger partial charge in [0.25, 0.3) is 5.24 Å². The molecule has 2 aromatic carbocycles. The van der Waals surface area contributed by atoms with Crippen LogP contribution in [-0.2, 0) is 20.7 Å². The first-order valence-electron chi connectivity index (χ1n) is 11.6. The van der Waals surface area contributed by atoms with Gasteiger partial charge in [0.1, 0.15) is 28.3 Å². The van der Waals surface area contributed by atoms with Crippen LogP contribution >= 0.6 is 11.8 Å². The van der Waals surface area contributed by atoms with Crippen LogP contribution in [0.3, 0.4) is 0 Å². The van der Waals surface area contributed by atoms with Gasteiger partial charge in [0, 0.05) is 6.07 Å². The fourth-order valence-corrected chi connectivity index (χ4v) is 4.85. The van der Waals surface area contributed by atoms with Gasteiger partial charge in [-0.1, -0.05) is 24.3 Å². The molecule has 1 saturated heterocycles. The summed E-state index contributed by atoms with van der Waals surface area (Å²) in [6.07, 6.45) is 8.30. The molecule has 2 aliphatic rings. The highest BCUT2D eigenvalue weighted by Gasteiger charge is 2.30. The van der Waals surface area contributed by atoms with Crippen LogP contribution in [0.2, 0.25) is 0 Å². The molecule has 2 amide bonds. The Balaban J connectivity index is 1.48. The second kappa shape index (κ2) is 11.8. The van der Waals surface area contributed by atoms with Gasteiger partial charge in [0.15, 0.2) is 0 Å². The second-order valence-corrected chi connectivity index (χ2v) is 9.49. The normalized spacial score (nSPS) is 18.7. The third kappa shape index (κ3) is 6.62. The number of nitrogens with one attached hydrogen (secondary N) is 1. The van der Waals surface area contributed by atoms with Crippen molar-refractivity contribution in [2.75, 3.05) is 21.3 Å². The van der Waals surface area contributed by atoms with Crippen molar-refractivity contribution in [3.05, 3.63) is 89.2 Å². The molecular weight excluding hydrogens is 494 g/mol. The lowest BCUT2D eigenvalue weighted by molar-refractivity contribution is -0.142. The number of esters is 1. The number of ether oxygens (including phenoxy) is 4. The maximum atomic E-state index is 12.7. The summed E-state index contributed by atoms with van der Waals surface area (Å²) in [6, 6.07) is 12.8. The molecule has 1 heterocycles. The zero-order chi connectivity index (χ0) is 26.4. The molecule has 2 atom stereocenters. The van der Waals surface area contributed by atoms with E-state index in [1.54, 1.807) is 26.4 Å². The first kappa shape index (κ1) is 26.1. The number of imide groups is 1. The lowest BCUT2D eigenvalue weighted by Crippen LogP contribution is -2.23. The van der Waals surface area contributed by atoms with E-state index in [4.69, 9.17) is 18.9 Å². The number of rotatable bonds is 9. The fraction of sp³-hybridized carbons (Fsp3) is 0.250. The number of methoxy groups -OCH3 is 3. The number of carbonyl (C=O) groups excluding carboxylic acids is 3. The molecule has 1 aliphatic carbocycles. The van der Waals surface area contributed by atoms with Crippen LogP contribution in [0.25, 0.3) is 0 Å². The number of carbonyl (C=O) groups is 3. The van der Waals surface area contributed by atoms with Gasteiger partial charge in [-0.05, 0) is 77.7 Å². The highest BCUT2D eigenvalue weighted by Crippen LogP contribution is 2.31. The lowest BCUT2D eigenvalue weighted by atomic mass is 9.91. The van der Waals surface area contributed by atoms with E-state index in [-0.39, 0.29) is 17.1 Å². The average molecular weight is 522 g/mol. The summed E-state index contributed by atoms with van der Waals surface area (Å²) >= 11 is 0.970. The molecule has 192 valence electrons. The van der Waals surface area contributed by atoms with E-state index in [0.29, 0.717) is 35.8 Å². The molecule has 0 spiro atoms. The van der Waals surface area contributed by atoms with Crippen molar-refractivity contribution in [3.8, 4) is 17.2 Å². The summed E-state index contributed by atoms with van der Waals surface area (Å²) in [5, 5.41) is 1.44. The summed E-state index contributed by atoms with van der Waals surface area (Å²) < 4.78 is 21.9. The first-order valence-corrected chi connectivity index (χ1v) is 12.4. The van der Waals surface area contributed by atoms with Crippen molar-refractivity contribution in [1.29, 1.82) is 0 Å². The van der Waals surface area contributed by atoms with Gasteiger partial charge >= 0.3 is 5.97 Å². The maximum absolute atomic E-state index is 12.7. The predicted molar refractivity (Wildman–Crippen MR) is 140 cm³/mol. The van der Waals surface area contributed by atoms with Crippen molar-refractivity contribution in [1.82, 2.24) is 5.32 Å². The van der Waals surface area contributed by atoms with Crippen LogP contribution in [0.1, 0.15) is 23.5 Å². The predicted octanol–water partition coefficient (Wildman–Crippen LogP) is 4.70. The number of thioether (sulfide) groups is 1. The molecule has 0 saturated carbocycles. The maximum Gasteiger partial charge on any atom is 0.313 e. The topological polar surface area (TPSA) is 100 Å². The largest absolute Gasteiger partial charge is 0.497 e. The Morgan fingerprint density at radius 1 is 1.05 bits per heavy atom. The SMILES string of the molecule is COC(=O)C(Cc1cc(OC)cc(OC)c1)c1cccc(OC2=CC/C(=C/C3SC(=O)NC3=O)C=C2)c1. The average Bonchev–Trinajstić information content (AvgIpc) is 3.23. The van der Waals surface area contributed by atoms with E-state index < -0.39 is 11.2 Å². The van der Waals surface area contributed by atoms with Gasteiger partial charge in [-0.25, -0.2) is 0 Å². The van der Waals surface area contributed by atoms with E-state index in [2.05, 4.69) is 5.32 Å². The molecule has 0 radical (unpaired) electrons. The number of benzene rings is 2. The summed E-state index contributed by atoms with van der Waals surface area (Å²) in [6.45, 7) is 0. The zero-order valence-electron chi connectivity index (χ0n) is 20.7. The smallest absolute Gasteiger partial charge is 0.313 e. The van der Waals surface area contributed by atoms with Gasteiger partial charge in [-0.2, -0.15) is 0 Å². The summed E-state index contributed by atoms with van der Waals surface area (Å²) in [4.78, 5) is 35.9. The van der Waals surface area contributed by atoms with E-state index in [9.17, 15) is 14.4 Å². The third-order valence-corrected chi connectivity index (χ3v) is 6.84. The molecule has 2 aromatic rings. The van der Waals surface area contributed by atoms with Crippen LogP contribution in [-0.4, -0.2) is 43.7 Å². The number of hydrogen-bond acceptors (Lipinski definition) is 8. The molecule has 9 heteroatoms. The van der Waals surface area contributed by atoms with E-state index in [0.717, 1.165) is 28.5 Å². The minimum absolute atomic E-state index is 0.300. The minimum atomic E-state index is -0.562. The van der Waals surface area contributed by atoms with Crippen LogP contribution in [0.15, 0.2) is 78.1 Å². The highest BCUT2D eigenvalue weighted by molar-refractivity contribution is 8.15. The zero-order valence-corrected chi connectivity index (χ0v) is 21.5. The molecule has 1 N–H and O–H groups in total. The van der Waals surface area contributed by atoms with Gasteiger partial charge in [0.05, 0.1) is 27.2 Å². The fourth-order valence-electron chi connectivity index (χ4n) is 4.05. The highest BCUT2D eigenvalue weighted by atomic mass is 32.2. The van der Waals surface area contributed by atoms with Crippen molar-refractivity contribution in [3.63, 3.8) is 0 Å². The van der Waals surface area contributed by atoms with Crippen LogP contribution in [0, 0.1) is 0 Å². The Morgan fingerprint density at radius 3 is 2.41 bits per heavy atom. The summed E-state index contributed by atoms with van der Waals surface area (Å²) in [5.74, 6) is 1.27. The van der Waals surface area contributed by atoms with E-state index >= 15 is 0 Å². The van der Waals surface area contributed by atoms with Gasteiger partial charge in [-0.15, -0.1) is 0 Å². The monoisotopic (exact) mass is 521 g/mol. The Kier molecular flexibility index (Phi) is 8.35. The van der Waals surface area contributed by atoms with Crippen molar-refractivity contribution < 1.29 is 33.3 Å². The standard InChI is InChI=1S/C28H27NO7S/c1-33-22-11-18(12-23(16-22)34-2)13-24(27(31)35-3)19-5-4-6-21(15-19)36-20-9-7-17(8-10-20)14-25-26(30)29-28(32)37-25/h4-7,9-12,14-16,24-25H,8,13H2,1-3H3,(H,29,30,32)/b17-14+. The Bertz CT molecular complexity index is 1270. The van der Waals surface area contributed by atoms with Crippen molar-refractivity contribution in [2.24, 2.45) is 0 Å². The quantitative estimate of drug-likeness (QED) is 0.474. The van der Waals surface area contributed by atoms with Crippen molar-refractivity contribution >= 4 is 28.9 Å². The first-order chi connectivity index (χ1) is 17.9. The molecule has 0 aromatic heterocycles. The van der Waals surface area contributed by atoms with Crippen LogP contribution < -0.4 is 19.5 Å². The summed E-state index contributed by atoms with van der Waals surface area (Å²) in [5.41, 5.74) is 2.54. The molecule has 2 unspecified atom stereocenters. The number of allylic oxidation sites excluding steroid dienone is 4. The molecule has 8 nitrogen and oxygen atoms in total. The Labute approximate surface area is 219 Å². The molecule has 37 heavy (non-hydrogen) atoms. The minimum Gasteiger partial charge on any atom is -0.497 e. The molecular formula is C28H27NO7S. The van der Waals surface area contributed by atoms with Crippen LogP contribution in [0.4, 0.5) is 4.79 Å². The molecule has 1 aliphatic heterocycles. The van der Waals surface area contributed by atoms with Crippen LogP contribution in [0.5, 0.6) is 17.2 Å². The lowest BCUT2D eigenvalue weighted by Gasteiger charge is -2.18. The Morgan fingerprint density at radius 2 is 1.81 bits per heavy atom. The number of amides is 2. The van der Waals surface area contributed by atoms with E-state index in [1.807, 2.05) is 54.6 Å². The van der Waals surface area contributed by atoms with Gasteiger partial charge in [0.2, 0.25) is 5.91 Å². The third-order valence-electron chi connectivity index (χ3n) is 5.92.